The van der Waals surface area contributed by atoms with Crippen LogP contribution >= 0.6 is 0 Å². The molecule has 134 valence electrons. The van der Waals surface area contributed by atoms with Gasteiger partial charge in [-0.3, -0.25) is 5.32 Å². The van der Waals surface area contributed by atoms with Crippen LogP contribution < -0.4 is 5.32 Å². The SMILES string of the molecule is COC(=O)c1c(C)nc(Nc2nc(C)c3cc(C)c(C)cc3n2)nc1C. The molecule has 0 aliphatic rings. The molecule has 0 fully saturated rings. The standard InChI is InChI=1S/C19H21N5O2/c1-9-7-14-11(3)20-19(23-15(14)8-10(9)2)24-18-21-12(4)16(13(5)22-18)17(25)26-6/h7-8H,1-6H3,(H,20,21,22,23,24). The van der Waals surface area contributed by atoms with Crippen molar-refractivity contribution in [3.63, 3.8) is 0 Å². The third-order valence-corrected chi connectivity index (χ3v) is 4.39. The number of ether oxygens (including phenoxy) is 1. The summed E-state index contributed by atoms with van der Waals surface area (Å²) in [5.74, 6) is 0.313. The van der Waals surface area contributed by atoms with Gasteiger partial charge in [0.1, 0.15) is 5.56 Å². The summed E-state index contributed by atoms with van der Waals surface area (Å²) >= 11 is 0. The molecule has 0 amide bonds. The Bertz CT molecular complexity index is 1010. The van der Waals surface area contributed by atoms with Crippen LogP contribution in [0.25, 0.3) is 10.9 Å². The zero-order valence-electron chi connectivity index (χ0n) is 15.8. The Morgan fingerprint density at radius 1 is 0.846 bits per heavy atom. The van der Waals surface area contributed by atoms with Gasteiger partial charge in [-0.2, -0.15) is 0 Å². The van der Waals surface area contributed by atoms with Crippen LogP contribution in [0.3, 0.4) is 0 Å². The molecule has 3 aromatic rings. The number of benzene rings is 1. The van der Waals surface area contributed by atoms with E-state index in [1.807, 2.05) is 13.0 Å². The fraction of sp³-hybridized carbons (Fsp3) is 0.316. The first-order valence-corrected chi connectivity index (χ1v) is 8.26. The van der Waals surface area contributed by atoms with E-state index in [-0.39, 0.29) is 0 Å². The van der Waals surface area contributed by atoms with Gasteiger partial charge >= 0.3 is 5.97 Å². The van der Waals surface area contributed by atoms with Gasteiger partial charge in [0.2, 0.25) is 11.9 Å². The number of fused-ring (bicyclic) bond motifs is 1. The summed E-state index contributed by atoms with van der Waals surface area (Å²) < 4.78 is 4.78. The molecule has 0 aliphatic carbocycles. The lowest BCUT2D eigenvalue weighted by Gasteiger charge is -2.11. The van der Waals surface area contributed by atoms with Gasteiger partial charge in [0, 0.05) is 5.39 Å². The highest BCUT2D eigenvalue weighted by molar-refractivity contribution is 5.91. The Labute approximate surface area is 151 Å². The highest BCUT2D eigenvalue weighted by Crippen LogP contribution is 2.23. The van der Waals surface area contributed by atoms with Crippen LogP contribution in [0.5, 0.6) is 0 Å². The first kappa shape index (κ1) is 17.7. The van der Waals surface area contributed by atoms with Crippen molar-refractivity contribution in [2.24, 2.45) is 0 Å². The third kappa shape index (κ3) is 3.20. The maximum Gasteiger partial charge on any atom is 0.341 e. The van der Waals surface area contributed by atoms with Crippen molar-refractivity contribution in [1.82, 2.24) is 19.9 Å². The molecule has 1 aromatic carbocycles. The Hall–Kier alpha value is -3.09. The number of rotatable bonds is 3. The molecule has 0 spiro atoms. The van der Waals surface area contributed by atoms with E-state index in [9.17, 15) is 4.79 Å². The van der Waals surface area contributed by atoms with Gasteiger partial charge in [0.25, 0.3) is 0 Å². The second-order valence-corrected chi connectivity index (χ2v) is 6.30. The molecular formula is C19H21N5O2. The number of aromatic nitrogens is 4. The Morgan fingerprint density at radius 2 is 1.38 bits per heavy atom. The van der Waals surface area contributed by atoms with E-state index in [0.29, 0.717) is 28.8 Å². The van der Waals surface area contributed by atoms with Crippen molar-refractivity contribution in [3.8, 4) is 0 Å². The minimum Gasteiger partial charge on any atom is -0.465 e. The summed E-state index contributed by atoms with van der Waals surface area (Å²) in [6.07, 6.45) is 0. The lowest BCUT2D eigenvalue weighted by Crippen LogP contribution is -2.12. The van der Waals surface area contributed by atoms with Crippen molar-refractivity contribution in [1.29, 1.82) is 0 Å². The van der Waals surface area contributed by atoms with Gasteiger partial charge in [0.05, 0.1) is 29.7 Å². The number of carbonyl (C=O) groups excluding carboxylic acids is 1. The molecule has 2 heterocycles. The summed E-state index contributed by atoms with van der Waals surface area (Å²) in [5, 5.41) is 4.06. The van der Waals surface area contributed by atoms with Gasteiger partial charge in [-0.1, -0.05) is 0 Å². The molecule has 0 radical (unpaired) electrons. The van der Waals surface area contributed by atoms with Crippen LogP contribution in [0, 0.1) is 34.6 Å². The third-order valence-electron chi connectivity index (χ3n) is 4.39. The van der Waals surface area contributed by atoms with Crippen molar-refractivity contribution < 1.29 is 9.53 Å². The number of carbonyl (C=O) groups is 1. The zero-order chi connectivity index (χ0) is 19.0. The molecule has 3 rings (SSSR count). The zero-order valence-corrected chi connectivity index (χ0v) is 15.8. The molecular weight excluding hydrogens is 330 g/mol. The Kier molecular flexibility index (Phi) is 4.54. The van der Waals surface area contributed by atoms with Crippen molar-refractivity contribution in [3.05, 3.63) is 45.9 Å². The summed E-state index contributed by atoms with van der Waals surface area (Å²) in [7, 11) is 1.34. The van der Waals surface area contributed by atoms with Gasteiger partial charge in [-0.15, -0.1) is 0 Å². The first-order chi connectivity index (χ1) is 12.3. The quantitative estimate of drug-likeness (QED) is 0.722. The van der Waals surface area contributed by atoms with Gasteiger partial charge < -0.3 is 4.74 Å². The Morgan fingerprint density at radius 3 is 2.00 bits per heavy atom. The number of hydrogen-bond donors (Lipinski definition) is 1. The lowest BCUT2D eigenvalue weighted by molar-refractivity contribution is 0.0598. The second-order valence-electron chi connectivity index (χ2n) is 6.30. The maximum absolute atomic E-state index is 11.8. The van der Waals surface area contributed by atoms with E-state index in [0.717, 1.165) is 16.6 Å². The highest BCUT2D eigenvalue weighted by Gasteiger charge is 2.17. The highest BCUT2D eigenvalue weighted by atomic mass is 16.5. The molecule has 26 heavy (non-hydrogen) atoms. The van der Waals surface area contributed by atoms with E-state index in [1.54, 1.807) is 13.8 Å². The van der Waals surface area contributed by atoms with Crippen LogP contribution in [0.4, 0.5) is 11.9 Å². The second kappa shape index (κ2) is 6.67. The van der Waals surface area contributed by atoms with E-state index < -0.39 is 5.97 Å². The lowest BCUT2D eigenvalue weighted by atomic mass is 10.1. The molecule has 2 aromatic heterocycles. The fourth-order valence-electron chi connectivity index (χ4n) is 2.87. The molecule has 0 bridgehead atoms. The van der Waals surface area contributed by atoms with E-state index in [2.05, 4.69) is 45.2 Å². The van der Waals surface area contributed by atoms with Crippen LogP contribution in [0.15, 0.2) is 12.1 Å². The number of nitrogens with zero attached hydrogens (tertiary/aromatic N) is 4. The van der Waals surface area contributed by atoms with Crippen LogP contribution in [0.1, 0.15) is 38.6 Å². The number of hydrogen-bond acceptors (Lipinski definition) is 7. The summed E-state index contributed by atoms with van der Waals surface area (Å²) in [6, 6.07) is 4.14. The van der Waals surface area contributed by atoms with Crippen molar-refractivity contribution >= 4 is 28.8 Å². The summed E-state index contributed by atoms with van der Waals surface area (Å²) in [6.45, 7) is 9.56. The van der Waals surface area contributed by atoms with E-state index in [1.165, 1.54) is 18.2 Å². The monoisotopic (exact) mass is 351 g/mol. The van der Waals surface area contributed by atoms with Gasteiger partial charge in [-0.25, -0.2) is 24.7 Å². The summed E-state index contributed by atoms with van der Waals surface area (Å²) in [5.41, 5.74) is 5.57. The number of aryl methyl sites for hydroxylation is 5. The number of anilines is 2. The largest absolute Gasteiger partial charge is 0.465 e. The Balaban J connectivity index is 2.01. The van der Waals surface area contributed by atoms with Gasteiger partial charge in [-0.05, 0) is 57.9 Å². The minimum atomic E-state index is -0.449. The van der Waals surface area contributed by atoms with E-state index in [4.69, 9.17) is 4.74 Å². The average Bonchev–Trinajstić information content (AvgIpc) is 2.56. The van der Waals surface area contributed by atoms with Crippen LogP contribution in [-0.4, -0.2) is 33.0 Å². The number of methoxy groups -OCH3 is 1. The molecule has 0 aliphatic heterocycles. The van der Waals surface area contributed by atoms with E-state index >= 15 is 0 Å². The molecule has 7 heteroatoms. The minimum absolute atomic E-state index is 0.343. The normalized spacial score (nSPS) is 10.8. The molecule has 0 atom stereocenters. The van der Waals surface area contributed by atoms with Crippen LogP contribution in [-0.2, 0) is 4.74 Å². The van der Waals surface area contributed by atoms with Gasteiger partial charge in [0.15, 0.2) is 0 Å². The van der Waals surface area contributed by atoms with Crippen LogP contribution in [0.2, 0.25) is 0 Å². The van der Waals surface area contributed by atoms with Crippen molar-refractivity contribution in [2.75, 3.05) is 12.4 Å². The molecule has 1 N–H and O–H groups in total. The molecule has 0 unspecified atom stereocenters. The molecule has 0 saturated carbocycles. The smallest absolute Gasteiger partial charge is 0.341 e. The predicted octanol–water partition coefficient (Wildman–Crippen LogP) is 3.49. The average molecular weight is 351 g/mol. The fourth-order valence-corrected chi connectivity index (χ4v) is 2.87. The first-order valence-electron chi connectivity index (χ1n) is 8.26. The maximum atomic E-state index is 11.8. The molecule has 7 nitrogen and oxygen atoms in total. The summed E-state index contributed by atoms with van der Waals surface area (Å²) in [4.78, 5) is 29.6. The number of nitrogens with one attached hydrogen (secondary N) is 1. The van der Waals surface area contributed by atoms with Crippen molar-refractivity contribution in [2.45, 2.75) is 34.6 Å². The topological polar surface area (TPSA) is 89.9 Å². The number of esters is 1. The predicted molar refractivity (Wildman–Crippen MR) is 99.9 cm³/mol. The molecule has 0 saturated heterocycles.